The molecule has 0 bridgehead atoms. The lowest BCUT2D eigenvalue weighted by atomic mass is 10.1. The predicted molar refractivity (Wildman–Crippen MR) is 92.1 cm³/mol. The monoisotopic (exact) mass is 282 g/mol. The molecule has 2 aromatic carbocycles. The molecule has 1 aliphatic rings. The van der Waals surface area contributed by atoms with Gasteiger partial charge in [-0.15, -0.1) is 0 Å². The van der Waals surface area contributed by atoms with Crippen LogP contribution in [0.5, 0.6) is 0 Å². The second kappa shape index (κ2) is 6.95. The van der Waals surface area contributed by atoms with E-state index in [1.54, 1.807) is 0 Å². The molecule has 1 heterocycles. The molecular formula is C19H26N2. The van der Waals surface area contributed by atoms with Gasteiger partial charge in [0.1, 0.15) is 0 Å². The lowest BCUT2D eigenvalue weighted by Gasteiger charge is -2.36. The fourth-order valence-corrected chi connectivity index (χ4v) is 3.28. The maximum Gasteiger partial charge on any atom is 0.0446 e. The summed E-state index contributed by atoms with van der Waals surface area (Å²) in [4.78, 5) is 5.18. The van der Waals surface area contributed by atoms with Crippen LogP contribution in [0.15, 0.2) is 42.5 Å². The molecule has 1 saturated heterocycles. The topological polar surface area (TPSA) is 6.48 Å². The van der Waals surface area contributed by atoms with E-state index < -0.39 is 0 Å². The van der Waals surface area contributed by atoms with Gasteiger partial charge in [0.2, 0.25) is 0 Å². The molecule has 0 atom stereocenters. The van der Waals surface area contributed by atoms with Crippen LogP contribution < -0.4 is 4.90 Å². The van der Waals surface area contributed by atoms with Crippen molar-refractivity contribution < 1.29 is 0 Å². The molecule has 1 fully saturated rings. The summed E-state index contributed by atoms with van der Waals surface area (Å²) in [6.45, 7) is 8.26. The summed E-state index contributed by atoms with van der Waals surface area (Å²) >= 11 is 0. The number of unbranched alkanes of at least 4 members (excludes halogenated alkanes) is 2. The van der Waals surface area contributed by atoms with Crippen molar-refractivity contribution in [3.05, 3.63) is 42.5 Å². The van der Waals surface area contributed by atoms with Gasteiger partial charge in [-0.25, -0.2) is 0 Å². The Morgan fingerprint density at radius 2 is 1.62 bits per heavy atom. The molecule has 2 aromatic rings. The van der Waals surface area contributed by atoms with Crippen LogP contribution in [0.2, 0.25) is 0 Å². The first-order valence-electron chi connectivity index (χ1n) is 8.33. The van der Waals surface area contributed by atoms with Gasteiger partial charge in [0.05, 0.1) is 0 Å². The Morgan fingerprint density at radius 3 is 2.43 bits per heavy atom. The quantitative estimate of drug-likeness (QED) is 0.760. The first kappa shape index (κ1) is 14.4. The second-order valence-electron chi connectivity index (χ2n) is 6.03. The van der Waals surface area contributed by atoms with Crippen molar-refractivity contribution in [3.63, 3.8) is 0 Å². The van der Waals surface area contributed by atoms with Crippen LogP contribution >= 0.6 is 0 Å². The van der Waals surface area contributed by atoms with Gasteiger partial charge in [0.15, 0.2) is 0 Å². The Hall–Kier alpha value is -1.54. The highest BCUT2D eigenvalue weighted by Crippen LogP contribution is 2.27. The SMILES string of the molecule is CCCCCN1CCN(c2cccc3ccccc23)CC1. The van der Waals surface area contributed by atoms with Gasteiger partial charge in [0, 0.05) is 37.3 Å². The lowest BCUT2D eigenvalue weighted by molar-refractivity contribution is 0.253. The van der Waals surface area contributed by atoms with E-state index >= 15 is 0 Å². The minimum atomic E-state index is 1.15. The number of fused-ring (bicyclic) bond motifs is 1. The van der Waals surface area contributed by atoms with Gasteiger partial charge in [-0.2, -0.15) is 0 Å². The van der Waals surface area contributed by atoms with E-state index in [-0.39, 0.29) is 0 Å². The van der Waals surface area contributed by atoms with Crippen LogP contribution in [-0.2, 0) is 0 Å². The molecule has 112 valence electrons. The number of anilines is 1. The van der Waals surface area contributed by atoms with E-state index in [9.17, 15) is 0 Å². The van der Waals surface area contributed by atoms with Crippen molar-refractivity contribution in [2.45, 2.75) is 26.2 Å². The van der Waals surface area contributed by atoms with Crippen LogP contribution in [0.4, 0.5) is 5.69 Å². The number of benzene rings is 2. The summed E-state index contributed by atoms with van der Waals surface area (Å²) in [7, 11) is 0. The summed E-state index contributed by atoms with van der Waals surface area (Å²) in [6, 6.07) is 15.4. The first-order valence-corrected chi connectivity index (χ1v) is 8.33. The molecule has 0 amide bonds. The predicted octanol–water partition coefficient (Wildman–Crippen LogP) is 4.15. The van der Waals surface area contributed by atoms with E-state index in [0.717, 1.165) is 13.1 Å². The van der Waals surface area contributed by atoms with Crippen molar-refractivity contribution in [2.24, 2.45) is 0 Å². The minimum absolute atomic E-state index is 1.15. The molecule has 3 rings (SSSR count). The van der Waals surface area contributed by atoms with Gasteiger partial charge in [0.25, 0.3) is 0 Å². The van der Waals surface area contributed by atoms with Gasteiger partial charge in [-0.3, -0.25) is 4.90 Å². The average Bonchev–Trinajstić information content (AvgIpc) is 2.55. The Morgan fingerprint density at radius 1 is 0.857 bits per heavy atom. The third kappa shape index (κ3) is 3.38. The lowest BCUT2D eigenvalue weighted by Crippen LogP contribution is -2.46. The molecule has 0 aliphatic carbocycles. The van der Waals surface area contributed by atoms with Gasteiger partial charge < -0.3 is 4.90 Å². The maximum absolute atomic E-state index is 2.62. The molecule has 0 spiro atoms. The zero-order valence-corrected chi connectivity index (χ0v) is 13.1. The third-order valence-corrected chi connectivity index (χ3v) is 4.56. The zero-order valence-electron chi connectivity index (χ0n) is 13.1. The van der Waals surface area contributed by atoms with Crippen LogP contribution in [0.1, 0.15) is 26.2 Å². The maximum atomic E-state index is 2.62. The van der Waals surface area contributed by atoms with E-state index in [1.807, 2.05) is 0 Å². The van der Waals surface area contributed by atoms with Crippen LogP contribution in [-0.4, -0.2) is 37.6 Å². The Labute approximate surface area is 128 Å². The van der Waals surface area contributed by atoms with Gasteiger partial charge in [-0.1, -0.05) is 56.2 Å². The largest absolute Gasteiger partial charge is 0.368 e. The molecule has 1 aliphatic heterocycles. The van der Waals surface area contributed by atoms with E-state index in [0.29, 0.717) is 0 Å². The number of hydrogen-bond acceptors (Lipinski definition) is 2. The Balaban J connectivity index is 1.66. The second-order valence-corrected chi connectivity index (χ2v) is 6.03. The minimum Gasteiger partial charge on any atom is -0.368 e. The number of nitrogens with zero attached hydrogens (tertiary/aromatic N) is 2. The van der Waals surface area contributed by atoms with Crippen molar-refractivity contribution in [1.29, 1.82) is 0 Å². The highest BCUT2D eigenvalue weighted by atomic mass is 15.3. The molecule has 0 aromatic heterocycles. The van der Waals surface area contributed by atoms with Crippen molar-refractivity contribution in [3.8, 4) is 0 Å². The fraction of sp³-hybridized carbons (Fsp3) is 0.474. The molecule has 0 N–H and O–H groups in total. The number of piperazine rings is 1. The summed E-state index contributed by atoms with van der Waals surface area (Å²) in [6.07, 6.45) is 4.03. The molecule has 21 heavy (non-hydrogen) atoms. The zero-order chi connectivity index (χ0) is 14.5. The number of hydrogen-bond donors (Lipinski definition) is 0. The number of rotatable bonds is 5. The van der Waals surface area contributed by atoms with E-state index in [1.165, 1.54) is 55.4 Å². The molecular weight excluding hydrogens is 256 g/mol. The smallest absolute Gasteiger partial charge is 0.0446 e. The van der Waals surface area contributed by atoms with Gasteiger partial charge in [-0.05, 0) is 24.4 Å². The summed E-state index contributed by atoms with van der Waals surface area (Å²) in [5.41, 5.74) is 1.40. The highest BCUT2D eigenvalue weighted by molar-refractivity contribution is 5.94. The Bertz CT molecular complexity index is 565. The molecule has 2 heteroatoms. The first-order chi connectivity index (χ1) is 10.4. The van der Waals surface area contributed by atoms with Crippen LogP contribution in [0.25, 0.3) is 10.8 Å². The van der Waals surface area contributed by atoms with Crippen LogP contribution in [0.3, 0.4) is 0 Å². The van der Waals surface area contributed by atoms with E-state index in [2.05, 4.69) is 59.2 Å². The molecule has 2 nitrogen and oxygen atoms in total. The molecule has 0 unspecified atom stereocenters. The average molecular weight is 282 g/mol. The standard InChI is InChI=1S/C19H26N2/c1-2-3-6-12-20-13-15-21(16-14-20)19-11-7-9-17-8-4-5-10-18(17)19/h4-5,7-11H,2-3,6,12-16H2,1H3. The molecule has 0 radical (unpaired) electrons. The fourth-order valence-electron chi connectivity index (χ4n) is 3.28. The van der Waals surface area contributed by atoms with Gasteiger partial charge >= 0.3 is 0 Å². The highest BCUT2D eigenvalue weighted by Gasteiger charge is 2.17. The van der Waals surface area contributed by atoms with Crippen molar-refractivity contribution in [1.82, 2.24) is 4.90 Å². The van der Waals surface area contributed by atoms with Crippen LogP contribution in [0, 0.1) is 0 Å². The summed E-state index contributed by atoms with van der Waals surface area (Å²) in [5, 5.41) is 2.74. The summed E-state index contributed by atoms with van der Waals surface area (Å²) < 4.78 is 0. The third-order valence-electron chi connectivity index (χ3n) is 4.56. The Kier molecular flexibility index (Phi) is 4.76. The summed E-state index contributed by atoms with van der Waals surface area (Å²) in [5.74, 6) is 0. The van der Waals surface area contributed by atoms with Crippen molar-refractivity contribution in [2.75, 3.05) is 37.6 Å². The normalized spacial score (nSPS) is 16.5. The van der Waals surface area contributed by atoms with E-state index in [4.69, 9.17) is 0 Å². The molecule has 0 saturated carbocycles. The van der Waals surface area contributed by atoms with Crippen molar-refractivity contribution >= 4 is 16.5 Å².